The van der Waals surface area contributed by atoms with E-state index < -0.39 is 0 Å². The molecule has 1 nitrogen and oxygen atoms in total. The second kappa shape index (κ2) is 6.76. The van der Waals surface area contributed by atoms with Gasteiger partial charge in [-0.25, -0.2) is 0 Å². The van der Waals surface area contributed by atoms with Crippen LogP contribution in [0.4, 0.5) is 0 Å². The predicted molar refractivity (Wildman–Crippen MR) is 87.9 cm³/mol. The van der Waals surface area contributed by atoms with Gasteiger partial charge in [-0.2, -0.15) is 0 Å². The maximum Gasteiger partial charge on any atom is 0.0195 e. The van der Waals surface area contributed by atoms with Crippen LogP contribution >= 0.6 is 0 Å². The molecule has 2 rings (SSSR count). The van der Waals surface area contributed by atoms with Crippen LogP contribution in [-0.4, -0.2) is 5.54 Å². The molecule has 0 aromatic heterocycles. The molecule has 2 atom stereocenters. The summed E-state index contributed by atoms with van der Waals surface area (Å²) in [6.45, 7) is 6.92. The highest BCUT2D eigenvalue weighted by molar-refractivity contribution is 5.24. The number of rotatable bonds is 4. The van der Waals surface area contributed by atoms with E-state index in [-0.39, 0.29) is 5.54 Å². The van der Waals surface area contributed by atoms with Crippen molar-refractivity contribution >= 4 is 0 Å². The monoisotopic (exact) mass is 273 g/mol. The van der Waals surface area contributed by atoms with Gasteiger partial charge in [0, 0.05) is 5.54 Å². The Hall–Kier alpha value is -0.820. The van der Waals surface area contributed by atoms with Gasteiger partial charge >= 0.3 is 0 Å². The summed E-state index contributed by atoms with van der Waals surface area (Å²) in [5.41, 5.74) is 9.58. The highest BCUT2D eigenvalue weighted by Gasteiger charge is 2.30. The first-order valence-corrected chi connectivity index (χ1v) is 8.39. The fourth-order valence-electron chi connectivity index (χ4n) is 3.60. The third-order valence-corrected chi connectivity index (χ3v) is 5.19. The van der Waals surface area contributed by atoms with E-state index in [4.69, 9.17) is 5.73 Å². The molecule has 1 aliphatic rings. The molecule has 0 radical (unpaired) electrons. The summed E-state index contributed by atoms with van der Waals surface area (Å²) in [4.78, 5) is 0. The summed E-state index contributed by atoms with van der Waals surface area (Å²) in [5.74, 6) is 1.68. The van der Waals surface area contributed by atoms with Crippen LogP contribution in [0.1, 0.15) is 64.0 Å². The van der Waals surface area contributed by atoms with E-state index in [1.54, 1.807) is 0 Å². The van der Waals surface area contributed by atoms with Crippen molar-refractivity contribution in [3.05, 3.63) is 35.4 Å². The predicted octanol–water partition coefficient (Wildman–Crippen LogP) is 4.73. The van der Waals surface area contributed by atoms with E-state index in [1.807, 2.05) is 0 Å². The second-order valence-corrected chi connectivity index (χ2v) is 7.14. The molecule has 1 aromatic rings. The normalized spacial score (nSPS) is 27.6. The molecule has 20 heavy (non-hydrogen) atoms. The van der Waals surface area contributed by atoms with Crippen molar-refractivity contribution in [1.82, 2.24) is 0 Å². The molecule has 0 aliphatic heterocycles. The molecule has 1 saturated carbocycles. The third-order valence-electron chi connectivity index (χ3n) is 5.19. The summed E-state index contributed by atoms with van der Waals surface area (Å²) < 4.78 is 0. The van der Waals surface area contributed by atoms with Crippen molar-refractivity contribution in [1.29, 1.82) is 0 Å². The van der Waals surface area contributed by atoms with E-state index in [0.29, 0.717) is 0 Å². The molecular weight excluding hydrogens is 242 g/mol. The van der Waals surface area contributed by atoms with E-state index in [1.165, 1.54) is 43.2 Å². The van der Waals surface area contributed by atoms with Crippen LogP contribution in [-0.2, 0) is 12.8 Å². The highest BCUT2D eigenvalue weighted by atomic mass is 14.7. The zero-order chi connectivity index (χ0) is 14.6. The number of benzene rings is 1. The molecule has 2 unspecified atom stereocenters. The molecule has 1 aliphatic carbocycles. The lowest BCUT2D eigenvalue weighted by Gasteiger charge is -2.29. The van der Waals surface area contributed by atoms with E-state index in [2.05, 4.69) is 45.0 Å². The number of hydrogen-bond acceptors (Lipinski definition) is 1. The Labute approximate surface area is 125 Å². The smallest absolute Gasteiger partial charge is 0.0195 e. The first-order valence-electron chi connectivity index (χ1n) is 8.39. The summed E-state index contributed by atoms with van der Waals surface area (Å²) in [6.07, 6.45) is 8.50. The van der Waals surface area contributed by atoms with Crippen molar-refractivity contribution in [3.8, 4) is 0 Å². The largest absolute Gasteiger partial charge is 0.325 e. The van der Waals surface area contributed by atoms with Crippen molar-refractivity contribution in [2.24, 2.45) is 17.6 Å². The number of hydrogen-bond donors (Lipinski definition) is 1. The minimum absolute atomic E-state index is 0.0252. The Morgan fingerprint density at radius 3 is 2.35 bits per heavy atom. The lowest BCUT2D eigenvalue weighted by Crippen LogP contribution is -2.41. The molecule has 0 bridgehead atoms. The number of aryl methyl sites for hydroxylation is 1. The van der Waals surface area contributed by atoms with Crippen LogP contribution in [0.3, 0.4) is 0 Å². The van der Waals surface area contributed by atoms with Gasteiger partial charge in [0.25, 0.3) is 0 Å². The summed E-state index contributed by atoms with van der Waals surface area (Å²) in [5, 5.41) is 0. The van der Waals surface area contributed by atoms with Gasteiger partial charge in [0.1, 0.15) is 0 Å². The van der Waals surface area contributed by atoms with Crippen LogP contribution in [0.5, 0.6) is 0 Å². The first kappa shape index (κ1) is 15.6. The second-order valence-electron chi connectivity index (χ2n) is 7.14. The molecule has 1 aromatic carbocycles. The molecule has 0 heterocycles. The maximum absolute atomic E-state index is 6.72. The topological polar surface area (TPSA) is 26.0 Å². The van der Waals surface area contributed by atoms with Gasteiger partial charge in [-0.1, -0.05) is 57.9 Å². The van der Waals surface area contributed by atoms with E-state index in [9.17, 15) is 0 Å². The molecule has 2 N–H and O–H groups in total. The van der Waals surface area contributed by atoms with Gasteiger partial charge in [0.15, 0.2) is 0 Å². The van der Waals surface area contributed by atoms with Crippen molar-refractivity contribution in [2.75, 3.05) is 0 Å². The molecule has 1 heteroatoms. The Morgan fingerprint density at radius 1 is 1.10 bits per heavy atom. The molecule has 0 saturated heterocycles. The Bertz CT molecular complexity index is 406. The standard InChI is InChI=1S/C19H31N/c1-4-16-7-9-17(10-8-16)14-19(20)12-5-6-18(11-13-19)15(2)3/h7-10,15,18H,4-6,11-14,20H2,1-3H3. The fraction of sp³-hybridized carbons (Fsp3) is 0.684. The van der Waals surface area contributed by atoms with Gasteiger partial charge in [0.2, 0.25) is 0 Å². The summed E-state index contributed by atoms with van der Waals surface area (Å²) in [7, 11) is 0. The summed E-state index contributed by atoms with van der Waals surface area (Å²) in [6, 6.07) is 9.06. The molecular formula is C19H31N. The van der Waals surface area contributed by atoms with Gasteiger partial charge in [-0.05, 0) is 55.1 Å². The summed E-state index contributed by atoms with van der Waals surface area (Å²) >= 11 is 0. The third kappa shape index (κ3) is 4.09. The first-order chi connectivity index (χ1) is 9.52. The number of nitrogens with two attached hydrogens (primary N) is 1. The Morgan fingerprint density at radius 2 is 1.75 bits per heavy atom. The molecule has 0 spiro atoms. The average Bonchev–Trinajstić information content (AvgIpc) is 2.62. The SMILES string of the molecule is CCc1ccc(CC2(N)CCCC(C(C)C)CC2)cc1. The van der Waals surface area contributed by atoms with Crippen molar-refractivity contribution in [2.45, 2.75) is 71.3 Å². The Kier molecular flexibility index (Phi) is 5.26. The van der Waals surface area contributed by atoms with Gasteiger partial charge in [0.05, 0.1) is 0 Å². The van der Waals surface area contributed by atoms with Gasteiger partial charge in [-0.3, -0.25) is 0 Å². The van der Waals surface area contributed by atoms with Crippen LogP contribution in [0.2, 0.25) is 0 Å². The van der Waals surface area contributed by atoms with Gasteiger partial charge in [-0.15, -0.1) is 0 Å². The quantitative estimate of drug-likeness (QED) is 0.789. The maximum atomic E-state index is 6.72. The molecule has 1 fully saturated rings. The minimum Gasteiger partial charge on any atom is -0.325 e. The van der Waals surface area contributed by atoms with Crippen LogP contribution in [0.15, 0.2) is 24.3 Å². The average molecular weight is 273 g/mol. The minimum atomic E-state index is 0.0252. The molecule has 112 valence electrons. The lowest BCUT2D eigenvalue weighted by molar-refractivity contribution is 0.322. The van der Waals surface area contributed by atoms with E-state index in [0.717, 1.165) is 24.7 Å². The van der Waals surface area contributed by atoms with Gasteiger partial charge < -0.3 is 5.73 Å². The van der Waals surface area contributed by atoms with Crippen molar-refractivity contribution in [3.63, 3.8) is 0 Å². The Balaban J connectivity index is 1.99. The zero-order valence-corrected chi connectivity index (χ0v) is 13.5. The van der Waals surface area contributed by atoms with Crippen LogP contribution < -0.4 is 5.73 Å². The van der Waals surface area contributed by atoms with Crippen molar-refractivity contribution < 1.29 is 0 Å². The molecule has 0 amide bonds. The van der Waals surface area contributed by atoms with Crippen LogP contribution in [0, 0.1) is 11.8 Å². The zero-order valence-electron chi connectivity index (χ0n) is 13.5. The lowest BCUT2D eigenvalue weighted by atomic mass is 9.83. The highest BCUT2D eigenvalue weighted by Crippen LogP contribution is 2.34. The van der Waals surface area contributed by atoms with E-state index >= 15 is 0 Å². The van der Waals surface area contributed by atoms with Crippen LogP contribution in [0.25, 0.3) is 0 Å². The fourth-order valence-corrected chi connectivity index (χ4v) is 3.60.